The summed E-state index contributed by atoms with van der Waals surface area (Å²) in [6.45, 7) is 0. The Morgan fingerprint density at radius 3 is 1.79 bits per heavy atom. The van der Waals surface area contributed by atoms with Crippen LogP contribution in [-0.4, -0.2) is 22.5 Å². The molecule has 2 aromatic rings. The van der Waals surface area contributed by atoms with Crippen molar-refractivity contribution in [3.8, 4) is 6.19 Å². The molecule has 158 valence electrons. The number of pyridine rings is 2. The van der Waals surface area contributed by atoms with E-state index in [-0.39, 0.29) is 0 Å². The van der Waals surface area contributed by atoms with Crippen molar-refractivity contribution in [2.75, 3.05) is 12.5 Å². The SMILES string of the molecule is CS(Cc1ccc(C(F)(F)F)nc1)=NC#N.CSCc1ccc(C(F)(F)F)nc1. The van der Waals surface area contributed by atoms with Crippen molar-refractivity contribution >= 4 is 22.5 Å². The van der Waals surface area contributed by atoms with E-state index in [0.717, 1.165) is 17.7 Å². The number of aromatic nitrogens is 2. The Kier molecular flexibility index (Phi) is 9.58. The molecular formula is C17H16F6N4S2. The maximum Gasteiger partial charge on any atom is 0.433 e. The molecule has 0 aliphatic heterocycles. The van der Waals surface area contributed by atoms with Crippen molar-refractivity contribution < 1.29 is 26.3 Å². The lowest BCUT2D eigenvalue weighted by Crippen LogP contribution is -2.07. The third kappa shape index (κ3) is 9.27. The molecule has 4 nitrogen and oxygen atoms in total. The number of alkyl halides is 6. The van der Waals surface area contributed by atoms with Gasteiger partial charge in [-0.1, -0.05) is 22.8 Å². The lowest BCUT2D eigenvalue weighted by atomic mass is 10.3. The van der Waals surface area contributed by atoms with E-state index >= 15 is 0 Å². The lowest BCUT2D eigenvalue weighted by Gasteiger charge is -2.06. The average Bonchev–Trinajstić information content (AvgIpc) is 2.62. The highest BCUT2D eigenvalue weighted by atomic mass is 32.2. The largest absolute Gasteiger partial charge is 0.433 e. The first-order chi connectivity index (χ1) is 13.5. The minimum Gasteiger partial charge on any atom is -0.251 e. The summed E-state index contributed by atoms with van der Waals surface area (Å²) in [5, 5.41) is 8.29. The van der Waals surface area contributed by atoms with Crippen LogP contribution >= 0.6 is 11.8 Å². The third-order valence-corrected chi connectivity index (χ3v) is 4.88. The molecule has 0 aromatic carbocycles. The van der Waals surface area contributed by atoms with Crippen molar-refractivity contribution in [2.45, 2.75) is 23.9 Å². The smallest absolute Gasteiger partial charge is 0.251 e. The van der Waals surface area contributed by atoms with Crippen LogP contribution in [0.5, 0.6) is 0 Å². The molecule has 2 heterocycles. The van der Waals surface area contributed by atoms with E-state index in [1.165, 1.54) is 24.5 Å². The summed E-state index contributed by atoms with van der Waals surface area (Å²) < 4.78 is 76.2. The maximum atomic E-state index is 12.2. The number of nitrogens with zero attached hydrogens (tertiary/aromatic N) is 4. The molecule has 1 atom stereocenters. The van der Waals surface area contributed by atoms with Crippen LogP contribution in [0.1, 0.15) is 22.5 Å². The Morgan fingerprint density at radius 2 is 1.45 bits per heavy atom. The van der Waals surface area contributed by atoms with E-state index in [9.17, 15) is 26.3 Å². The Balaban J connectivity index is 0.000000296. The van der Waals surface area contributed by atoms with Gasteiger partial charge in [0.1, 0.15) is 11.4 Å². The van der Waals surface area contributed by atoms with Crippen LogP contribution in [0.15, 0.2) is 41.0 Å². The highest BCUT2D eigenvalue weighted by Crippen LogP contribution is 2.28. The van der Waals surface area contributed by atoms with Crippen LogP contribution < -0.4 is 0 Å². The Morgan fingerprint density at radius 1 is 0.966 bits per heavy atom. The van der Waals surface area contributed by atoms with E-state index in [0.29, 0.717) is 17.1 Å². The number of hydrogen-bond donors (Lipinski definition) is 0. The summed E-state index contributed by atoms with van der Waals surface area (Å²) in [4.78, 5) is 6.65. The lowest BCUT2D eigenvalue weighted by molar-refractivity contribution is -0.142. The number of hydrogen-bond acceptors (Lipinski definition) is 5. The van der Waals surface area contributed by atoms with Crippen LogP contribution in [0.25, 0.3) is 0 Å². The van der Waals surface area contributed by atoms with Crippen LogP contribution in [0.2, 0.25) is 0 Å². The van der Waals surface area contributed by atoms with Gasteiger partial charge in [-0.3, -0.25) is 9.97 Å². The van der Waals surface area contributed by atoms with Crippen LogP contribution in [0, 0.1) is 11.5 Å². The first-order valence-corrected chi connectivity index (χ1v) is 10.9. The monoisotopic (exact) mass is 454 g/mol. The minimum atomic E-state index is -4.41. The summed E-state index contributed by atoms with van der Waals surface area (Å²) in [7, 11) is -0.506. The van der Waals surface area contributed by atoms with E-state index < -0.39 is 34.4 Å². The van der Waals surface area contributed by atoms with Crippen LogP contribution in [0.3, 0.4) is 0 Å². The second-order valence-electron chi connectivity index (χ2n) is 5.47. The van der Waals surface area contributed by atoms with E-state index in [1.54, 1.807) is 24.2 Å². The van der Waals surface area contributed by atoms with Gasteiger partial charge in [-0.05, 0) is 35.8 Å². The Bertz CT molecular complexity index is 841. The van der Waals surface area contributed by atoms with Gasteiger partial charge in [-0.25, -0.2) is 0 Å². The standard InChI is InChI=1S/C9H8F3N3S.C8H8F3NS/c1-16(15-6-13)5-7-2-3-8(14-4-7)9(10,11)12;1-13-5-6-2-3-7(12-4-6)8(9,10)11/h2-4H,5H2,1H3;2-4H,5H2,1H3. The quantitative estimate of drug-likeness (QED) is 0.454. The van der Waals surface area contributed by atoms with Gasteiger partial charge in [0.25, 0.3) is 0 Å². The average molecular weight is 454 g/mol. The fourth-order valence-corrected chi connectivity index (χ4v) is 3.23. The molecule has 0 bridgehead atoms. The highest BCUT2D eigenvalue weighted by molar-refractivity contribution is 7.97. The van der Waals surface area contributed by atoms with E-state index in [4.69, 9.17) is 5.26 Å². The number of thioether (sulfide) groups is 1. The van der Waals surface area contributed by atoms with E-state index in [1.807, 2.05) is 6.26 Å². The number of rotatable bonds is 4. The fourth-order valence-electron chi connectivity index (χ4n) is 1.86. The van der Waals surface area contributed by atoms with Crippen molar-refractivity contribution in [1.29, 1.82) is 5.26 Å². The second kappa shape index (κ2) is 11.2. The first-order valence-electron chi connectivity index (χ1n) is 7.73. The van der Waals surface area contributed by atoms with Crippen molar-refractivity contribution in [1.82, 2.24) is 9.97 Å². The summed E-state index contributed by atoms with van der Waals surface area (Å²) in [5.41, 5.74) is -0.305. The van der Waals surface area contributed by atoms with Gasteiger partial charge >= 0.3 is 12.4 Å². The van der Waals surface area contributed by atoms with Gasteiger partial charge in [-0.15, -0.1) is 0 Å². The molecule has 0 saturated carbocycles. The molecule has 0 N–H and O–H groups in total. The van der Waals surface area contributed by atoms with Crippen molar-refractivity contribution in [3.05, 3.63) is 59.2 Å². The summed E-state index contributed by atoms with van der Waals surface area (Å²) in [6.07, 6.45) is -1.04. The fraction of sp³-hybridized carbons (Fsp3) is 0.353. The zero-order valence-electron chi connectivity index (χ0n) is 15.3. The zero-order chi connectivity index (χ0) is 22.1. The molecule has 0 fully saturated rings. The normalized spacial score (nSPS) is 12.7. The molecule has 29 heavy (non-hydrogen) atoms. The molecule has 0 aliphatic carbocycles. The molecule has 0 aliphatic rings. The molecule has 2 aromatic heterocycles. The highest BCUT2D eigenvalue weighted by Gasteiger charge is 2.32. The predicted octanol–water partition coefficient (Wildman–Crippen LogP) is 5.48. The summed E-state index contributed by atoms with van der Waals surface area (Å²) in [5.74, 6) is 1.11. The summed E-state index contributed by atoms with van der Waals surface area (Å²) >= 11 is 1.55. The maximum absolute atomic E-state index is 12.2. The first kappa shape index (κ1) is 24.9. The van der Waals surface area contributed by atoms with Crippen molar-refractivity contribution in [3.63, 3.8) is 0 Å². The number of nitriles is 1. The van der Waals surface area contributed by atoms with Gasteiger partial charge < -0.3 is 0 Å². The van der Waals surface area contributed by atoms with Gasteiger partial charge in [0.2, 0.25) is 6.19 Å². The molecule has 0 amide bonds. The van der Waals surface area contributed by atoms with Gasteiger partial charge in [0.15, 0.2) is 0 Å². The molecule has 0 saturated heterocycles. The molecule has 12 heteroatoms. The summed E-state index contributed by atoms with van der Waals surface area (Å²) in [6, 6.07) is 4.74. The Hall–Kier alpha value is -2.13. The predicted molar refractivity (Wildman–Crippen MR) is 101 cm³/mol. The second-order valence-corrected chi connectivity index (χ2v) is 8.01. The zero-order valence-corrected chi connectivity index (χ0v) is 16.9. The van der Waals surface area contributed by atoms with Gasteiger partial charge in [-0.2, -0.15) is 47.7 Å². The molecule has 2 rings (SSSR count). The van der Waals surface area contributed by atoms with Crippen LogP contribution in [0.4, 0.5) is 26.3 Å². The van der Waals surface area contributed by atoms with Gasteiger partial charge in [0.05, 0.1) is 0 Å². The molecule has 0 radical (unpaired) electrons. The van der Waals surface area contributed by atoms with E-state index in [2.05, 4.69) is 14.3 Å². The van der Waals surface area contributed by atoms with Gasteiger partial charge in [0, 0.05) is 23.9 Å². The third-order valence-electron chi connectivity index (χ3n) is 3.11. The Labute approximate surface area is 170 Å². The topological polar surface area (TPSA) is 61.9 Å². The molecule has 1 unspecified atom stereocenters. The van der Waals surface area contributed by atoms with Crippen molar-refractivity contribution in [2.24, 2.45) is 4.36 Å². The molecular weight excluding hydrogens is 438 g/mol. The minimum absolute atomic E-state index is 0.429. The number of halogens is 6. The van der Waals surface area contributed by atoms with Crippen LogP contribution in [-0.2, 0) is 34.5 Å². The molecule has 0 spiro atoms.